The van der Waals surface area contributed by atoms with Crippen molar-refractivity contribution in [3.05, 3.63) is 21.9 Å². The van der Waals surface area contributed by atoms with E-state index in [-0.39, 0.29) is 13.1 Å². The van der Waals surface area contributed by atoms with Crippen LogP contribution in [0.1, 0.15) is 14.5 Å². The van der Waals surface area contributed by atoms with Crippen molar-refractivity contribution in [2.24, 2.45) is 0 Å². The Hall–Kier alpha value is -1.54. The van der Waals surface area contributed by atoms with E-state index in [1.54, 1.807) is 12.1 Å². The highest BCUT2D eigenvalue weighted by Crippen LogP contribution is 2.14. The number of amides is 2. The molecule has 20 heavy (non-hydrogen) atoms. The van der Waals surface area contributed by atoms with E-state index >= 15 is 0 Å². The van der Waals surface area contributed by atoms with Crippen molar-refractivity contribution in [3.8, 4) is 0 Å². The predicted molar refractivity (Wildman–Crippen MR) is 71.1 cm³/mol. The number of nitrogens with one attached hydrogen (secondary N) is 1. The van der Waals surface area contributed by atoms with Gasteiger partial charge in [-0.05, 0) is 19.1 Å². The second kappa shape index (κ2) is 7.91. The Morgan fingerprint density at radius 2 is 2.15 bits per heavy atom. The van der Waals surface area contributed by atoms with Crippen molar-refractivity contribution in [2.75, 3.05) is 26.2 Å². The van der Waals surface area contributed by atoms with E-state index in [1.165, 1.54) is 11.3 Å². The standard InChI is InChI=1S/C12H16F2N2O3S/c1-8-2-3-9(20-8)12(19)15-6-11(18)16(4-5-17)7-10(13)14/h2-3,10,17H,4-7H2,1H3,(H,15,19). The molecule has 8 heteroatoms. The van der Waals surface area contributed by atoms with E-state index < -0.39 is 31.4 Å². The first-order valence-electron chi connectivity index (χ1n) is 5.95. The molecular formula is C12H16F2N2O3S. The summed E-state index contributed by atoms with van der Waals surface area (Å²) in [7, 11) is 0. The number of hydrogen-bond acceptors (Lipinski definition) is 4. The molecule has 5 nitrogen and oxygen atoms in total. The highest BCUT2D eigenvalue weighted by Gasteiger charge is 2.18. The number of halogens is 2. The lowest BCUT2D eigenvalue weighted by molar-refractivity contribution is -0.132. The van der Waals surface area contributed by atoms with Crippen molar-refractivity contribution in [3.63, 3.8) is 0 Å². The lowest BCUT2D eigenvalue weighted by Crippen LogP contribution is -2.43. The highest BCUT2D eigenvalue weighted by atomic mass is 32.1. The molecule has 1 rings (SSSR count). The topological polar surface area (TPSA) is 69.6 Å². The van der Waals surface area contributed by atoms with Gasteiger partial charge >= 0.3 is 0 Å². The average molecular weight is 306 g/mol. The Morgan fingerprint density at radius 3 is 2.65 bits per heavy atom. The molecule has 0 saturated carbocycles. The molecule has 0 fully saturated rings. The Balaban J connectivity index is 2.49. The molecule has 0 spiro atoms. The summed E-state index contributed by atoms with van der Waals surface area (Å²) >= 11 is 1.28. The van der Waals surface area contributed by atoms with Crippen LogP contribution in [0.3, 0.4) is 0 Å². The highest BCUT2D eigenvalue weighted by molar-refractivity contribution is 7.13. The molecule has 0 aromatic carbocycles. The third kappa shape index (κ3) is 5.22. The minimum Gasteiger partial charge on any atom is -0.395 e. The van der Waals surface area contributed by atoms with Gasteiger partial charge in [0.1, 0.15) is 0 Å². The minimum atomic E-state index is -2.68. The van der Waals surface area contributed by atoms with Crippen LogP contribution in [-0.4, -0.2) is 54.5 Å². The molecule has 1 aromatic rings. The Kier molecular flexibility index (Phi) is 6.53. The monoisotopic (exact) mass is 306 g/mol. The summed E-state index contributed by atoms with van der Waals surface area (Å²) in [5.74, 6) is -1.07. The summed E-state index contributed by atoms with van der Waals surface area (Å²) in [6.45, 7) is 0.127. The SMILES string of the molecule is Cc1ccc(C(=O)NCC(=O)N(CCO)CC(F)F)s1. The Morgan fingerprint density at radius 1 is 1.45 bits per heavy atom. The number of aliphatic hydroxyl groups is 1. The molecule has 0 atom stereocenters. The lowest BCUT2D eigenvalue weighted by Gasteiger charge is -2.21. The molecule has 1 heterocycles. The molecule has 0 radical (unpaired) electrons. The largest absolute Gasteiger partial charge is 0.395 e. The zero-order valence-corrected chi connectivity index (χ0v) is 11.8. The fourth-order valence-corrected chi connectivity index (χ4v) is 2.30. The van der Waals surface area contributed by atoms with Gasteiger partial charge in [0.25, 0.3) is 12.3 Å². The molecule has 0 aliphatic rings. The van der Waals surface area contributed by atoms with Crippen LogP contribution < -0.4 is 5.32 Å². The summed E-state index contributed by atoms with van der Waals surface area (Å²) in [6.07, 6.45) is -2.68. The van der Waals surface area contributed by atoms with Crippen LogP contribution in [0.2, 0.25) is 0 Å². The van der Waals surface area contributed by atoms with Gasteiger partial charge in [0, 0.05) is 11.4 Å². The number of aryl methyl sites for hydroxylation is 1. The summed E-state index contributed by atoms with van der Waals surface area (Å²) in [5, 5.41) is 11.1. The second-order valence-electron chi connectivity index (χ2n) is 4.05. The van der Waals surface area contributed by atoms with Crippen molar-refractivity contribution in [1.82, 2.24) is 10.2 Å². The van der Waals surface area contributed by atoms with Gasteiger partial charge in [0.05, 0.1) is 24.6 Å². The number of carbonyl (C=O) groups is 2. The summed E-state index contributed by atoms with van der Waals surface area (Å²) in [4.78, 5) is 25.6. The summed E-state index contributed by atoms with van der Waals surface area (Å²) < 4.78 is 24.5. The van der Waals surface area contributed by atoms with Gasteiger partial charge in [0.2, 0.25) is 5.91 Å². The summed E-state index contributed by atoms with van der Waals surface area (Å²) in [5.41, 5.74) is 0. The van der Waals surface area contributed by atoms with E-state index in [2.05, 4.69) is 5.32 Å². The van der Waals surface area contributed by atoms with Gasteiger partial charge < -0.3 is 15.3 Å². The Labute approximate surface area is 119 Å². The fourth-order valence-electron chi connectivity index (χ4n) is 1.52. The maximum absolute atomic E-state index is 12.3. The maximum Gasteiger partial charge on any atom is 0.261 e. The van der Waals surface area contributed by atoms with Crippen LogP contribution in [-0.2, 0) is 4.79 Å². The van der Waals surface area contributed by atoms with Gasteiger partial charge in [-0.15, -0.1) is 11.3 Å². The molecule has 2 N–H and O–H groups in total. The molecular weight excluding hydrogens is 290 g/mol. The lowest BCUT2D eigenvalue weighted by atomic mass is 10.4. The number of nitrogens with zero attached hydrogens (tertiary/aromatic N) is 1. The number of aliphatic hydroxyl groups excluding tert-OH is 1. The fraction of sp³-hybridized carbons (Fsp3) is 0.500. The number of carbonyl (C=O) groups excluding carboxylic acids is 2. The van der Waals surface area contributed by atoms with E-state index in [9.17, 15) is 18.4 Å². The molecule has 0 unspecified atom stereocenters. The first kappa shape index (κ1) is 16.5. The van der Waals surface area contributed by atoms with E-state index in [4.69, 9.17) is 5.11 Å². The van der Waals surface area contributed by atoms with Crippen molar-refractivity contribution < 1.29 is 23.5 Å². The number of rotatable bonds is 7. The van der Waals surface area contributed by atoms with Crippen LogP contribution in [0.15, 0.2) is 12.1 Å². The Bertz CT molecular complexity index is 465. The van der Waals surface area contributed by atoms with Crippen LogP contribution in [0, 0.1) is 6.92 Å². The molecule has 0 aliphatic heterocycles. The van der Waals surface area contributed by atoms with Crippen LogP contribution in [0.5, 0.6) is 0 Å². The van der Waals surface area contributed by atoms with E-state index in [1.807, 2.05) is 6.92 Å². The maximum atomic E-state index is 12.3. The second-order valence-corrected chi connectivity index (χ2v) is 5.34. The minimum absolute atomic E-state index is 0.183. The van der Waals surface area contributed by atoms with Gasteiger partial charge in [-0.3, -0.25) is 9.59 Å². The number of hydrogen-bond donors (Lipinski definition) is 2. The first-order chi connectivity index (χ1) is 9.43. The molecule has 0 bridgehead atoms. The van der Waals surface area contributed by atoms with Crippen LogP contribution in [0.4, 0.5) is 8.78 Å². The summed E-state index contributed by atoms with van der Waals surface area (Å²) in [6, 6.07) is 3.40. The van der Waals surface area contributed by atoms with Crippen LogP contribution in [0.25, 0.3) is 0 Å². The van der Waals surface area contributed by atoms with Crippen LogP contribution >= 0.6 is 11.3 Å². The van der Waals surface area contributed by atoms with Gasteiger partial charge in [-0.2, -0.15) is 0 Å². The number of alkyl halides is 2. The zero-order chi connectivity index (χ0) is 15.1. The molecule has 2 amide bonds. The average Bonchev–Trinajstić information content (AvgIpc) is 2.81. The zero-order valence-electron chi connectivity index (χ0n) is 10.9. The molecule has 0 aliphatic carbocycles. The third-order valence-corrected chi connectivity index (χ3v) is 3.44. The normalized spacial score (nSPS) is 10.7. The number of thiophene rings is 1. The molecule has 1 aromatic heterocycles. The van der Waals surface area contributed by atoms with Gasteiger partial charge in [-0.1, -0.05) is 0 Å². The van der Waals surface area contributed by atoms with E-state index in [0.717, 1.165) is 9.78 Å². The predicted octanol–water partition coefficient (Wildman–Crippen LogP) is 0.872. The first-order valence-corrected chi connectivity index (χ1v) is 6.77. The van der Waals surface area contributed by atoms with E-state index in [0.29, 0.717) is 4.88 Å². The quantitative estimate of drug-likeness (QED) is 0.785. The van der Waals surface area contributed by atoms with Crippen molar-refractivity contribution in [2.45, 2.75) is 13.3 Å². The smallest absolute Gasteiger partial charge is 0.261 e. The van der Waals surface area contributed by atoms with Crippen molar-refractivity contribution in [1.29, 1.82) is 0 Å². The van der Waals surface area contributed by atoms with Crippen molar-refractivity contribution >= 4 is 23.2 Å². The van der Waals surface area contributed by atoms with Gasteiger partial charge in [0.15, 0.2) is 0 Å². The molecule has 0 saturated heterocycles. The third-order valence-electron chi connectivity index (χ3n) is 2.45. The molecule has 112 valence electrons. The van der Waals surface area contributed by atoms with Gasteiger partial charge in [-0.25, -0.2) is 8.78 Å².